The van der Waals surface area contributed by atoms with Gasteiger partial charge in [-0.1, -0.05) is 5.16 Å². The maximum absolute atomic E-state index is 13.4. The van der Waals surface area contributed by atoms with E-state index >= 15 is 0 Å². The van der Waals surface area contributed by atoms with Gasteiger partial charge < -0.3 is 14.2 Å². The number of rotatable bonds is 5. The molecule has 0 atom stereocenters. The second kappa shape index (κ2) is 7.94. The molecule has 144 valence electrons. The van der Waals surface area contributed by atoms with Crippen LogP contribution in [-0.4, -0.2) is 48.3 Å². The zero-order valence-corrected chi connectivity index (χ0v) is 14.7. The first-order valence-electron chi connectivity index (χ1n) is 8.29. The normalized spacial score (nSPS) is 15.7. The predicted molar refractivity (Wildman–Crippen MR) is 88.7 cm³/mol. The Morgan fingerprint density at radius 2 is 2.00 bits per heavy atom. The Hall–Kier alpha value is -2.64. The van der Waals surface area contributed by atoms with Crippen molar-refractivity contribution in [1.29, 1.82) is 5.26 Å². The van der Waals surface area contributed by atoms with Crippen molar-refractivity contribution in [2.75, 3.05) is 38.2 Å². The molecule has 0 amide bonds. The average molecular weight is 381 g/mol. The minimum atomic E-state index is -4.51. The molecule has 0 bridgehead atoms. The minimum absolute atomic E-state index is 0.00651. The van der Waals surface area contributed by atoms with Crippen LogP contribution in [0.1, 0.15) is 22.8 Å². The van der Waals surface area contributed by atoms with Gasteiger partial charge in [-0.25, -0.2) is 0 Å². The molecule has 1 aromatic carbocycles. The lowest BCUT2D eigenvalue weighted by Gasteiger charge is -2.36. The van der Waals surface area contributed by atoms with Gasteiger partial charge in [-0.3, -0.25) is 4.90 Å². The Labute approximate surface area is 153 Å². The van der Waals surface area contributed by atoms with Crippen molar-refractivity contribution in [2.45, 2.75) is 19.3 Å². The Balaban J connectivity index is 1.66. The zero-order valence-electron chi connectivity index (χ0n) is 14.7. The lowest BCUT2D eigenvalue weighted by Crippen LogP contribution is -2.46. The van der Waals surface area contributed by atoms with Crippen LogP contribution in [0.25, 0.3) is 0 Å². The van der Waals surface area contributed by atoms with E-state index in [-0.39, 0.29) is 17.9 Å². The van der Waals surface area contributed by atoms with E-state index in [9.17, 15) is 13.2 Å². The fraction of sp³-hybridized carbons (Fsp3) is 0.471. The number of aromatic nitrogens is 2. The topological polar surface area (TPSA) is 78.4 Å². The van der Waals surface area contributed by atoms with Gasteiger partial charge in [-0.2, -0.15) is 23.4 Å². The van der Waals surface area contributed by atoms with Gasteiger partial charge in [0.25, 0.3) is 0 Å². The standard InChI is InChI=1S/C17H18F3N5O2/c1-26-11-15-22-16(27-23-15)10-24-4-6-25(7-5-24)14-3-2-12(9-21)8-13(14)17(18,19)20/h2-3,8H,4-7,10-11H2,1H3. The predicted octanol–water partition coefficient (Wildman–Crippen LogP) is 2.43. The molecule has 0 aliphatic carbocycles. The highest BCUT2D eigenvalue weighted by Crippen LogP contribution is 2.37. The maximum atomic E-state index is 13.4. The van der Waals surface area contributed by atoms with Gasteiger partial charge >= 0.3 is 6.18 Å². The number of alkyl halides is 3. The van der Waals surface area contributed by atoms with Crippen LogP contribution in [0.2, 0.25) is 0 Å². The van der Waals surface area contributed by atoms with Gasteiger partial charge in [-0.05, 0) is 18.2 Å². The molecule has 3 rings (SSSR count). The highest BCUT2D eigenvalue weighted by Gasteiger charge is 2.36. The molecule has 1 aliphatic rings. The van der Waals surface area contributed by atoms with E-state index in [1.54, 1.807) is 11.0 Å². The summed E-state index contributed by atoms with van der Waals surface area (Å²) in [6, 6.07) is 5.43. The Bertz CT molecular complexity index is 823. The molecule has 2 heterocycles. The lowest BCUT2D eigenvalue weighted by molar-refractivity contribution is -0.137. The molecule has 1 aliphatic heterocycles. The third-order valence-corrected chi connectivity index (χ3v) is 4.29. The third kappa shape index (κ3) is 4.56. The summed E-state index contributed by atoms with van der Waals surface area (Å²) in [5.41, 5.74) is -0.689. The smallest absolute Gasteiger partial charge is 0.377 e. The number of anilines is 1. The van der Waals surface area contributed by atoms with Crippen molar-refractivity contribution in [3.63, 3.8) is 0 Å². The van der Waals surface area contributed by atoms with Gasteiger partial charge in [0.1, 0.15) is 6.61 Å². The summed E-state index contributed by atoms with van der Waals surface area (Å²) in [4.78, 5) is 7.92. The number of hydrogen-bond acceptors (Lipinski definition) is 7. The molecule has 1 saturated heterocycles. The van der Waals surface area contributed by atoms with Crippen LogP contribution in [0.4, 0.5) is 18.9 Å². The van der Waals surface area contributed by atoms with Gasteiger partial charge in [0, 0.05) is 39.0 Å². The van der Waals surface area contributed by atoms with Gasteiger partial charge in [-0.15, -0.1) is 0 Å². The Morgan fingerprint density at radius 3 is 2.63 bits per heavy atom. The number of halogens is 3. The molecule has 7 nitrogen and oxygen atoms in total. The number of methoxy groups -OCH3 is 1. The molecule has 10 heteroatoms. The summed E-state index contributed by atoms with van der Waals surface area (Å²) in [6.45, 7) is 2.65. The molecule has 0 N–H and O–H groups in total. The van der Waals surface area contributed by atoms with Gasteiger partial charge in [0.2, 0.25) is 5.89 Å². The summed E-state index contributed by atoms with van der Waals surface area (Å²) in [5, 5.41) is 12.7. The molecule has 0 spiro atoms. The molecular weight excluding hydrogens is 363 g/mol. The fourth-order valence-electron chi connectivity index (χ4n) is 2.99. The second-order valence-corrected chi connectivity index (χ2v) is 6.14. The van der Waals surface area contributed by atoms with Crippen molar-refractivity contribution in [3.8, 4) is 6.07 Å². The number of ether oxygens (including phenoxy) is 1. The first-order valence-corrected chi connectivity index (χ1v) is 8.29. The van der Waals surface area contributed by atoms with E-state index in [0.717, 1.165) is 6.07 Å². The molecule has 0 unspecified atom stereocenters. The molecule has 0 radical (unpaired) electrons. The number of piperazine rings is 1. The Kier molecular flexibility index (Phi) is 5.62. The molecule has 1 aromatic heterocycles. The van der Waals surface area contributed by atoms with Crippen LogP contribution in [-0.2, 0) is 24.1 Å². The van der Waals surface area contributed by atoms with E-state index in [2.05, 4.69) is 10.1 Å². The number of nitrogens with zero attached hydrogens (tertiary/aromatic N) is 5. The highest BCUT2D eigenvalue weighted by molar-refractivity contribution is 5.58. The van der Waals surface area contributed by atoms with E-state index < -0.39 is 11.7 Å². The van der Waals surface area contributed by atoms with Crippen molar-refractivity contribution >= 4 is 5.69 Å². The second-order valence-electron chi connectivity index (χ2n) is 6.14. The average Bonchev–Trinajstić information content (AvgIpc) is 3.08. The van der Waals surface area contributed by atoms with Crippen LogP contribution in [0.15, 0.2) is 22.7 Å². The fourth-order valence-corrected chi connectivity index (χ4v) is 2.99. The lowest BCUT2D eigenvalue weighted by atomic mass is 10.1. The molecule has 0 saturated carbocycles. The largest absolute Gasteiger partial charge is 0.418 e. The first-order chi connectivity index (χ1) is 12.9. The third-order valence-electron chi connectivity index (χ3n) is 4.29. The van der Waals surface area contributed by atoms with Gasteiger partial charge in [0.05, 0.1) is 23.7 Å². The maximum Gasteiger partial charge on any atom is 0.418 e. The van der Waals surface area contributed by atoms with E-state index in [1.807, 2.05) is 4.90 Å². The molecular formula is C17H18F3N5O2. The molecule has 2 aromatic rings. The van der Waals surface area contributed by atoms with Crippen molar-refractivity contribution in [2.24, 2.45) is 0 Å². The summed E-state index contributed by atoms with van der Waals surface area (Å²) in [5.74, 6) is 0.906. The summed E-state index contributed by atoms with van der Waals surface area (Å²) >= 11 is 0. The van der Waals surface area contributed by atoms with E-state index in [1.165, 1.54) is 19.2 Å². The van der Waals surface area contributed by atoms with E-state index in [4.69, 9.17) is 14.5 Å². The van der Waals surface area contributed by atoms with Crippen LogP contribution in [0.3, 0.4) is 0 Å². The van der Waals surface area contributed by atoms with Crippen LogP contribution < -0.4 is 4.90 Å². The van der Waals surface area contributed by atoms with Crippen molar-refractivity contribution < 1.29 is 22.4 Å². The summed E-state index contributed by atoms with van der Waals surface area (Å²) in [7, 11) is 1.54. The number of benzene rings is 1. The first kappa shape index (κ1) is 19.1. The summed E-state index contributed by atoms with van der Waals surface area (Å²) in [6.07, 6.45) is -4.51. The van der Waals surface area contributed by atoms with Crippen LogP contribution in [0.5, 0.6) is 0 Å². The molecule has 27 heavy (non-hydrogen) atoms. The van der Waals surface area contributed by atoms with Crippen molar-refractivity contribution in [1.82, 2.24) is 15.0 Å². The van der Waals surface area contributed by atoms with Crippen LogP contribution in [0, 0.1) is 11.3 Å². The minimum Gasteiger partial charge on any atom is -0.377 e. The number of nitriles is 1. The zero-order chi connectivity index (χ0) is 19.4. The Morgan fingerprint density at radius 1 is 1.26 bits per heavy atom. The summed E-state index contributed by atoms with van der Waals surface area (Å²) < 4.78 is 50.2. The SMILES string of the molecule is COCc1noc(CN2CCN(c3ccc(C#N)cc3C(F)(F)F)CC2)n1. The monoisotopic (exact) mass is 381 g/mol. The highest BCUT2D eigenvalue weighted by atomic mass is 19.4. The van der Waals surface area contributed by atoms with Crippen LogP contribution >= 0.6 is 0 Å². The quantitative estimate of drug-likeness (QED) is 0.787. The van der Waals surface area contributed by atoms with E-state index in [0.29, 0.717) is 44.4 Å². The van der Waals surface area contributed by atoms with Gasteiger partial charge in [0.15, 0.2) is 5.82 Å². The number of hydrogen-bond donors (Lipinski definition) is 0. The van der Waals surface area contributed by atoms with Crippen molar-refractivity contribution in [3.05, 3.63) is 41.0 Å². The molecule has 1 fully saturated rings.